The summed E-state index contributed by atoms with van der Waals surface area (Å²) in [6.07, 6.45) is 0. The van der Waals surface area contributed by atoms with Crippen LogP contribution in [0.1, 0.15) is 18.4 Å². The maximum Gasteiger partial charge on any atom is 0.154 e. The van der Waals surface area contributed by atoms with Gasteiger partial charge in [0.25, 0.3) is 0 Å². The third-order valence-corrected chi connectivity index (χ3v) is 5.83. The zero-order valence-electron chi connectivity index (χ0n) is 9.84. The topological polar surface area (TPSA) is 60.2 Å². The molecule has 1 fully saturated rings. The summed E-state index contributed by atoms with van der Waals surface area (Å²) in [7, 11) is -3.22. The van der Waals surface area contributed by atoms with Gasteiger partial charge in [0.1, 0.15) is 5.82 Å². The van der Waals surface area contributed by atoms with Gasteiger partial charge in [-0.3, -0.25) is 0 Å². The van der Waals surface area contributed by atoms with E-state index >= 15 is 0 Å². The smallest absolute Gasteiger partial charge is 0.154 e. The normalized spacial score (nSPS) is 26.9. The molecule has 1 aliphatic carbocycles. The van der Waals surface area contributed by atoms with Crippen LogP contribution in [0.5, 0.6) is 0 Å². The van der Waals surface area contributed by atoms with E-state index in [4.69, 9.17) is 18.0 Å². The van der Waals surface area contributed by atoms with E-state index in [0.29, 0.717) is 5.56 Å². The lowest BCUT2D eigenvalue weighted by Crippen LogP contribution is -2.18. The second-order valence-electron chi connectivity index (χ2n) is 4.43. The second kappa shape index (κ2) is 4.59. The molecule has 1 saturated carbocycles. The Bertz CT molecular complexity index is 585. The zero-order valence-corrected chi connectivity index (χ0v) is 11.5. The largest absolute Gasteiger partial charge is 0.393 e. The summed E-state index contributed by atoms with van der Waals surface area (Å²) in [5, 5.41) is -0.596. The molecule has 2 rings (SSSR count). The number of sulfone groups is 1. The summed E-state index contributed by atoms with van der Waals surface area (Å²) in [4.78, 5) is 0.186. The Morgan fingerprint density at radius 2 is 2.17 bits per heavy atom. The first-order valence-corrected chi connectivity index (χ1v) is 7.77. The predicted octanol–water partition coefficient (Wildman–Crippen LogP) is 1.63. The molecule has 0 spiro atoms. The molecular weight excluding hydrogens is 273 g/mol. The molecule has 0 heterocycles. The molecule has 0 radical (unpaired) electrons. The van der Waals surface area contributed by atoms with Gasteiger partial charge in [-0.25, -0.2) is 12.8 Å². The van der Waals surface area contributed by atoms with Gasteiger partial charge in [0.15, 0.2) is 9.84 Å². The van der Waals surface area contributed by atoms with Crippen molar-refractivity contribution in [3.63, 3.8) is 0 Å². The van der Waals surface area contributed by atoms with Crippen molar-refractivity contribution < 1.29 is 12.8 Å². The zero-order chi connectivity index (χ0) is 13.5. The number of hydrogen-bond donors (Lipinski definition) is 1. The first kappa shape index (κ1) is 13.4. The highest BCUT2D eigenvalue weighted by Gasteiger charge is 2.59. The minimum atomic E-state index is -3.22. The van der Waals surface area contributed by atoms with Crippen molar-refractivity contribution >= 4 is 27.0 Å². The Kier molecular flexibility index (Phi) is 3.42. The van der Waals surface area contributed by atoms with Crippen LogP contribution in [0.3, 0.4) is 0 Å². The summed E-state index contributed by atoms with van der Waals surface area (Å²) in [6, 6.07) is 5.95. The van der Waals surface area contributed by atoms with Crippen LogP contribution in [0.25, 0.3) is 0 Å². The maximum atomic E-state index is 13.2. The van der Waals surface area contributed by atoms with Crippen molar-refractivity contribution in [3.8, 4) is 0 Å². The van der Waals surface area contributed by atoms with Gasteiger partial charge < -0.3 is 5.73 Å². The average Bonchev–Trinajstić information content (AvgIpc) is 3.05. The first-order valence-electron chi connectivity index (χ1n) is 5.65. The molecule has 0 bridgehead atoms. The number of hydrogen-bond acceptors (Lipinski definition) is 3. The number of benzene rings is 1. The van der Waals surface area contributed by atoms with Gasteiger partial charge >= 0.3 is 0 Å². The summed E-state index contributed by atoms with van der Waals surface area (Å²) in [5.41, 5.74) is 6.23. The number of halogens is 1. The lowest BCUT2D eigenvalue weighted by Gasteiger charge is -2.00. The van der Waals surface area contributed by atoms with Crippen LogP contribution in [-0.2, 0) is 9.84 Å². The van der Waals surface area contributed by atoms with Gasteiger partial charge in [-0.2, -0.15) is 0 Å². The summed E-state index contributed by atoms with van der Waals surface area (Å²) in [6.45, 7) is 1.59. The molecule has 6 heteroatoms. The molecule has 1 aromatic rings. The lowest BCUT2D eigenvalue weighted by atomic mass is 10.1. The van der Waals surface area contributed by atoms with Crippen LogP contribution in [0.2, 0.25) is 0 Å². The fourth-order valence-electron chi connectivity index (χ4n) is 2.37. The molecule has 2 N–H and O–H groups in total. The van der Waals surface area contributed by atoms with E-state index in [1.165, 1.54) is 12.1 Å². The number of thiocarbonyl (C=S) groups is 1. The third kappa shape index (κ3) is 2.27. The molecular formula is C12H14FNO2S2. The van der Waals surface area contributed by atoms with E-state index in [0.717, 1.165) is 0 Å². The maximum absolute atomic E-state index is 13.2. The molecule has 3 atom stereocenters. The van der Waals surface area contributed by atoms with E-state index in [1.807, 2.05) is 0 Å². The SMILES string of the molecule is CCS(=O)(=O)[C@@H]1[C@H](C(N)=S)[C@@H]1c1cccc(F)c1. The van der Waals surface area contributed by atoms with Crippen molar-refractivity contribution in [2.24, 2.45) is 11.7 Å². The van der Waals surface area contributed by atoms with Crippen LogP contribution in [0, 0.1) is 11.7 Å². The molecule has 0 amide bonds. The van der Waals surface area contributed by atoms with Crippen molar-refractivity contribution in [2.45, 2.75) is 18.1 Å². The minimum Gasteiger partial charge on any atom is -0.393 e. The monoisotopic (exact) mass is 287 g/mol. The fourth-order valence-corrected chi connectivity index (χ4v) is 4.58. The van der Waals surface area contributed by atoms with Gasteiger partial charge in [0.05, 0.1) is 10.2 Å². The summed E-state index contributed by atoms with van der Waals surface area (Å²) < 4.78 is 37.0. The van der Waals surface area contributed by atoms with Crippen LogP contribution in [0.4, 0.5) is 4.39 Å². The van der Waals surface area contributed by atoms with Gasteiger partial charge in [0.2, 0.25) is 0 Å². The molecule has 18 heavy (non-hydrogen) atoms. The quantitative estimate of drug-likeness (QED) is 0.855. The number of nitrogens with two attached hydrogens (primary N) is 1. The molecule has 0 aliphatic heterocycles. The summed E-state index contributed by atoms with van der Waals surface area (Å²) >= 11 is 4.91. The Morgan fingerprint density at radius 3 is 2.67 bits per heavy atom. The van der Waals surface area contributed by atoms with Crippen molar-refractivity contribution in [1.29, 1.82) is 0 Å². The van der Waals surface area contributed by atoms with Crippen molar-refractivity contribution in [1.82, 2.24) is 0 Å². The second-order valence-corrected chi connectivity index (χ2v) is 7.34. The lowest BCUT2D eigenvalue weighted by molar-refractivity contribution is 0.594. The van der Waals surface area contributed by atoms with E-state index in [9.17, 15) is 12.8 Å². The molecule has 98 valence electrons. The summed E-state index contributed by atoms with van der Waals surface area (Å²) in [5.74, 6) is -1.01. The molecule has 0 unspecified atom stereocenters. The molecule has 0 aromatic heterocycles. The van der Waals surface area contributed by atoms with E-state index in [2.05, 4.69) is 0 Å². The van der Waals surface area contributed by atoms with E-state index in [-0.39, 0.29) is 28.4 Å². The fraction of sp³-hybridized carbons (Fsp3) is 0.417. The Morgan fingerprint density at radius 1 is 1.50 bits per heavy atom. The van der Waals surface area contributed by atoms with Gasteiger partial charge in [-0.05, 0) is 17.7 Å². The Labute approximate surface area is 111 Å². The highest BCUT2D eigenvalue weighted by atomic mass is 32.2. The molecule has 3 nitrogen and oxygen atoms in total. The van der Waals surface area contributed by atoms with Gasteiger partial charge in [-0.15, -0.1) is 0 Å². The Hall–Kier alpha value is -1.01. The van der Waals surface area contributed by atoms with Gasteiger partial charge in [0, 0.05) is 17.6 Å². The molecule has 1 aromatic carbocycles. The highest BCUT2D eigenvalue weighted by molar-refractivity contribution is 7.92. The van der Waals surface area contributed by atoms with Crippen molar-refractivity contribution in [3.05, 3.63) is 35.6 Å². The van der Waals surface area contributed by atoms with Crippen LogP contribution in [0.15, 0.2) is 24.3 Å². The van der Waals surface area contributed by atoms with Crippen molar-refractivity contribution in [2.75, 3.05) is 5.75 Å². The average molecular weight is 287 g/mol. The number of rotatable bonds is 4. The van der Waals surface area contributed by atoms with E-state index in [1.54, 1.807) is 19.1 Å². The van der Waals surface area contributed by atoms with Gasteiger partial charge in [-0.1, -0.05) is 31.3 Å². The Balaban J connectivity index is 2.37. The minimum absolute atomic E-state index is 0.0442. The van der Waals surface area contributed by atoms with Crippen LogP contribution in [-0.4, -0.2) is 24.4 Å². The highest BCUT2D eigenvalue weighted by Crippen LogP contribution is 2.52. The van der Waals surface area contributed by atoms with Crippen LogP contribution >= 0.6 is 12.2 Å². The predicted molar refractivity (Wildman–Crippen MR) is 72.7 cm³/mol. The third-order valence-electron chi connectivity index (χ3n) is 3.33. The molecule has 1 aliphatic rings. The van der Waals surface area contributed by atoms with Crippen LogP contribution < -0.4 is 5.73 Å². The standard InChI is InChI=1S/C12H14FNO2S2/c1-2-18(15,16)11-9(10(11)12(14)17)7-4-3-5-8(13)6-7/h3-6,9-11H,2H2,1H3,(H2,14,17)/t9-,10+,11-/m0/s1. The molecule has 0 saturated heterocycles. The van der Waals surface area contributed by atoms with E-state index < -0.39 is 15.1 Å². The first-order chi connectivity index (χ1) is 8.38.